The summed E-state index contributed by atoms with van der Waals surface area (Å²) >= 11 is 7.50. The van der Waals surface area contributed by atoms with E-state index >= 15 is 0 Å². The highest BCUT2D eigenvalue weighted by Gasteiger charge is 2.28. The molecule has 4 nitrogen and oxygen atoms in total. The molecule has 0 aliphatic carbocycles. The molecule has 174 valence electrons. The molecular weight excluding hydrogens is 476 g/mol. The summed E-state index contributed by atoms with van der Waals surface area (Å²) < 4.78 is 26.5. The van der Waals surface area contributed by atoms with Crippen LogP contribution in [0.5, 0.6) is 0 Å². The second-order valence-corrected chi connectivity index (χ2v) is 8.91. The number of amides is 1. The number of benzene rings is 3. The van der Waals surface area contributed by atoms with Crippen LogP contribution in [-0.4, -0.2) is 16.9 Å². The predicted octanol–water partition coefficient (Wildman–Crippen LogP) is 6.97. The summed E-state index contributed by atoms with van der Waals surface area (Å²) in [6, 6.07) is 18.8. The maximum Gasteiger partial charge on any atom is 0.243 e. The SMILES string of the molecule is CC[C@@H](C(=O)NCc1ccc(F)cc1)N(c1ccc(Cl)cc1)c1nc(-c2ccc(F)cc2)cs1. The first kappa shape index (κ1) is 23.9. The van der Waals surface area contributed by atoms with Gasteiger partial charge < -0.3 is 10.2 Å². The van der Waals surface area contributed by atoms with Gasteiger partial charge in [-0.15, -0.1) is 11.3 Å². The molecule has 1 heterocycles. The van der Waals surface area contributed by atoms with Gasteiger partial charge in [-0.25, -0.2) is 13.8 Å². The quantitative estimate of drug-likeness (QED) is 0.286. The molecule has 1 aromatic heterocycles. The average molecular weight is 498 g/mol. The molecule has 0 saturated carbocycles. The van der Waals surface area contributed by atoms with Crippen LogP contribution in [0.3, 0.4) is 0 Å². The number of carbonyl (C=O) groups excluding carboxylic acids is 1. The molecule has 0 spiro atoms. The van der Waals surface area contributed by atoms with Crippen molar-refractivity contribution in [1.82, 2.24) is 10.3 Å². The maximum atomic E-state index is 13.3. The van der Waals surface area contributed by atoms with Crippen LogP contribution in [0.15, 0.2) is 78.2 Å². The van der Waals surface area contributed by atoms with E-state index in [9.17, 15) is 13.6 Å². The third kappa shape index (κ3) is 5.61. The van der Waals surface area contributed by atoms with Crippen molar-refractivity contribution in [2.24, 2.45) is 0 Å². The summed E-state index contributed by atoms with van der Waals surface area (Å²) in [5, 5.41) is 6.05. The fraction of sp³-hybridized carbons (Fsp3) is 0.154. The fourth-order valence-electron chi connectivity index (χ4n) is 3.55. The third-order valence-electron chi connectivity index (χ3n) is 5.32. The monoisotopic (exact) mass is 497 g/mol. The van der Waals surface area contributed by atoms with E-state index in [1.54, 1.807) is 36.4 Å². The zero-order chi connectivity index (χ0) is 24.1. The van der Waals surface area contributed by atoms with Crippen LogP contribution in [0.1, 0.15) is 18.9 Å². The Balaban J connectivity index is 1.63. The number of hydrogen-bond acceptors (Lipinski definition) is 4. The van der Waals surface area contributed by atoms with Crippen molar-refractivity contribution in [1.29, 1.82) is 0 Å². The molecule has 1 atom stereocenters. The molecule has 34 heavy (non-hydrogen) atoms. The van der Waals surface area contributed by atoms with Crippen LogP contribution in [0.4, 0.5) is 19.6 Å². The van der Waals surface area contributed by atoms with Crippen LogP contribution in [0, 0.1) is 11.6 Å². The zero-order valence-corrected chi connectivity index (χ0v) is 19.9. The lowest BCUT2D eigenvalue weighted by Gasteiger charge is -2.30. The Bertz CT molecular complexity index is 1240. The topological polar surface area (TPSA) is 45.2 Å². The van der Waals surface area contributed by atoms with Gasteiger partial charge in [0.1, 0.15) is 17.7 Å². The van der Waals surface area contributed by atoms with Crippen molar-refractivity contribution in [3.8, 4) is 11.3 Å². The minimum atomic E-state index is -0.547. The van der Waals surface area contributed by atoms with Gasteiger partial charge in [0.15, 0.2) is 5.13 Å². The summed E-state index contributed by atoms with van der Waals surface area (Å²) in [4.78, 5) is 19.9. The Hall–Kier alpha value is -3.29. The van der Waals surface area contributed by atoms with Crippen molar-refractivity contribution in [3.05, 3.63) is 100 Å². The number of halogens is 3. The largest absolute Gasteiger partial charge is 0.350 e. The predicted molar refractivity (Wildman–Crippen MR) is 133 cm³/mol. The normalized spacial score (nSPS) is 11.8. The van der Waals surface area contributed by atoms with E-state index in [4.69, 9.17) is 16.6 Å². The van der Waals surface area contributed by atoms with E-state index in [0.29, 0.717) is 22.3 Å². The van der Waals surface area contributed by atoms with Gasteiger partial charge >= 0.3 is 0 Å². The highest BCUT2D eigenvalue weighted by atomic mass is 35.5. The standard InChI is InChI=1S/C26H22ClF2N3OS/c1-2-24(25(33)30-15-17-3-9-20(28)10-4-17)32(22-13-7-19(27)8-14-22)26-31-23(16-34-26)18-5-11-21(29)12-6-18/h3-14,16,24H,2,15H2,1H3,(H,30,33)/t24-/m0/s1. The minimum Gasteiger partial charge on any atom is -0.350 e. The Kier molecular flexibility index (Phi) is 7.55. The first-order chi connectivity index (χ1) is 16.4. The van der Waals surface area contributed by atoms with Crippen LogP contribution >= 0.6 is 22.9 Å². The number of carbonyl (C=O) groups is 1. The van der Waals surface area contributed by atoms with Gasteiger partial charge in [-0.05, 0) is 72.6 Å². The van der Waals surface area contributed by atoms with Gasteiger partial charge in [-0.3, -0.25) is 4.79 Å². The molecule has 0 aliphatic heterocycles. The van der Waals surface area contributed by atoms with Crippen LogP contribution in [-0.2, 0) is 11.3 Å². The number of thiazole rings is 1. The first-order valence-corrected chi connectivity index (χ1v) is 12.0. The number of anilines is 2. The maximum absolute atomic E-state index is 13.3. The molecule has 4 rings (SSSR count). The van der Waals surface area contributed by atoms with Gasteiger partial charge in [0.25, 0.3) is 0 Å². The lowest BCUT2D eigenvalue weighted by Crippen LogP contribution is -2.44. The molecule has 8 heteroatoms. The van der Waals surface area contributed by atoms with E-state index in [1.165, 1.54) is 35.6 Å². The van der Waals surface area contributed by atoms with Crippen LogP contribution in [0.2, 0.25) is 5.02 Å². The molecule has 0 radical (unpaired) electrons. The molecule has 1 N–H and O–H groups in total. The van der Waals surface area contributed by atoms with E-state index in [-0.39, 0.29) is 24.1 Å². The smallest absolute Gasteiger partial charge is 0.243 e. The Morgan fingerprint density at radius 1 is 1.00 bits per heavy atom. The van der Waals surface area contributed by atoms with Gasteiger partial charge in [-0.1, -0.05) is 30.7 Å². The number of hydrogen-bond donors (Lipinski definition) is 1. The first-order valence-electron chi connectivity index (χ1n) is 10.7. The second kappa shape index (κ2) is 10.8. The lowest BCUT2D eigenvalue weighted by molar-refractivity contribution is -0.122. The van der Waals surface area contributed by atoms with Gasteiger partial charge in [0.05, 0.1) is 5.69 Å². The summed E-state index contributed by atoms with van der Waals surface area (Å²) in [6.45, 7) is 2.21. The van der Waals surface area contributed by atoms with Crippen molar-refractivity contribution < 1.29 is 13.6 Å². The number of nitrogens with zero attached hydrogens (tertiary/aromatic N) is 2. The summed E-state index contributed by atoms with van der Waals surface area (Å²) in [7, 11) is 0. The van der Waals surface area contributed by atoms with Crippen molar-refractivity contribution in [3.63, 3.8) is 0 Å². The van der Waals surface area contributed by atoms with E-state index in [0.717, 1.165) is 16.8 Å². The Morgan fingerprint density at radius 3 is 2.24 bits per heavy atom. The highest BCUT2D eigenvalue weighted by molar-refractivity contribution is 7.14. The van der Waals surface area contributed by atoms with Crippen molar-refractivity contribution >= 4 is 39.7 Å². The summed E-state index contributed by atoms with van der Waals surface area (Å²) in [5.74, 6) is -0.817. The van der Waals surface area contributed by atoms with E-state index in [1.807, 2.05) is 29.3 Å². The van der Waals surface area contributed by atoms with E-state index in [2.05, 4.69) is 5.32 Å². The number of rotatable bonds is 8. The molecule has 4 aromatic rings. The molecule has 0 bridgehead atoms. The lowest BCUT2D eigenvalue weighted by atomic mass is 10.1. The number of aromatic nitrogens is 1. The number of nitrogens with one attached hydrogen (secondary N) is 1. The molecule has 0 aliphatic rings. The third-order valence-corrected chi connectivity index (χ3v) is 6.42. The van der Waals surface area contributed by atoms with Crippen molar-refractivity contribution in [2.45, 2.75) is 25.9 Å². The molecule has 0 saturated heterocycles. The van der Waals surface area contributed by atoms with Crippen LogP contribution in [0.25, 0.3) is 11.3 Å². The van der Waals surface area contributed by atoms with Crippen molar-refractivity contribution in [2.75, 3.05) is 4.90 Å². The zero-order valence-electron chi connectivity index (χ0n) is 18.3. The van der Waals surface area contributed by atoms with E-state index < -0.39 is 6.04 Å². The molecular formula is C26H22ClF2N3OS. The fourth-order valence-corrected chi connectivity index (χ4v) is 4.58. The molecule has 3 aromatic carbocycles. The molecule has 1 amide bonds. The van der Waals surface area contributed by atoms with Gasteiger partial charge in [0.2, 0.25) is 5.91 Å². The average Bonchev–Trinajstić information content (AvgIpc) is 3.33. The highest BCUT2D eigenvalue weighted by Crippen LogP contribution is 2.35. The molecule has 0 fully saturated rings. The Morgan fingerprint density at radius 2 is 1.62 bits per heavy atom. The Labute approximate surface area is 205 Å². The van der Waals surface area contributed by atoms with Gasteiger partial charge in [-0.2, -0.15) is 0 Å². The second-order valence-electron chi connectivity index (χ2n) is 7.64. The minimum absolute atomic E-state index is 0.180. The van der Waals surface area contributed by atoms with Crippen LogP contribution < -0.4 is 10.2 Å². The summed E-state index contributed by atoms with van der Waals surface area (Å²) in [5.41, 5.74) is 3.05. The van der Waals surface area contributed by atoms with Gasteiger partial charge in [0, 0.05) is 28.2 Å². The molecule has 0 unspecified atom stereocenters. The summed E-state index contributed by atoms with van der Waals surface area (Å²) in [6.07, 6.45) is 0.517.